The summed E-state index contributed by atoms with van der Waals surface area (Å²) in [5.41, 5.74) is 0. The smallest absolute Gasteiger partial charge is 0.239 e. The van der Waals surface area contributed by atoms with Crippen molar-refractivity contribution in [1.29, 1.82) is 0 Å². The van der Waals surface area contributed by atoms with Crippen LogP contribution in [0.4, 0.5) is 0 Å². The molecule has 0 aliphatic carbocycles. The lowest BCUT2D eigenvalue weighted by molar-refractivity contribution is -0.137. The molecule has 8 heteroatoms. The van der Waals surface area contributed by atoms with E-state index in [4.69, 9.17) is 9.47 Å². The lowest BCUT2D eigenvalue weighted by atomic mass is 10.2. The maximum absolute atomic E-state index is 12.6. The van der Waals surface area contributed by atoms with Crippen LogP contribution in [-0.4, -0.2) is 83.6 Å². The van der Waals surface area contributed by atoms with Crippen LogP contribution in [-0.2, 0) is 27.4 Å². The average Bonchev–Trinajstić information content (AvgIpc) is 2.99. The van der Waals surface area contributed by atoms with Gasteiger partial charge in [0.1, 0.15) is 6.33 Å². The fourth-order valence-corrected chi connectivity index (χ4v) is 2.51. The first-order valence-electron chi connectivity index (χ1n) is 7.56. The Hall–Kier alpha value is -1.51. The molecule has 1 aliphatic heterocycles. The second-order valence-electron chi connectivity index (χ2n) is 5.45. The summed E-state index contributed by atoms with van der Waals surface area (Å²) in [5, 5.41) is 8.01. The number of morpholine rings is 1. The molecule has 1 atom stereocenters. The van der Waals surface area contributed by atoms with Crippen LogP contribution in [0.3, 0.4) is 0 Å². The quantitative estimate of drug-likeness (QED) is 0.682. The summed E-state index contributed by atoms with van der Waals surface area (Å²) in [5.74, 6) is 0.852. The van der Waals surface area contributed by atoms with Crippen LogP contribution in [0.25, 0.3) is 0 Å². The van der Waals surface area contributed by atoms with Crippen molar-refractivity contribution in [2.24, 2.45) is 0 Å². The summed E-state index contributed by atoms with van der Waals surface area (Å²) in [4.78, 5) is 16.4. The van der Waals surface area contributed by atoms with E-state index in [2.05, 4.69) is 15.1 Å². The second-order valence-corrected chi connectivity index (χ2v) is 5.45. The van der Waals surface area contributed by atoms with Gasteiger partial charge >= 0.3 is 0 Å². The molecule has 0 radical (unpaired) electrons. The Kier molecular flexibility index (Phi) is 6.29. The van der Waals surface area contributed by atoms with E-state index < -0.39 is 0 Å². The number of amides is 1. The van der Waals surface area contributed by atoms with Crippen LogP contribution in [0.15, 0.2) is 6.33 Å². The first kappa shape index (κ1) is 16.9. The van der Waals surface area contributed by atoms with Crippen LogP contribution >= 0.6 is 0 Å². The molecule has 1 aliphatic rings. The van der Waals surface area contributed by atoms with E-state index in [1.165, 1.54) is 0 Å². The molecule has 1 unspecified atom stereocenters. The van der Waals surface area contributed by atoms with Crippen molar-refractivity contribution in [3.05, 3.63) is 12.2 Å². The van der Waals surface area contributed by atoms with Crippen molar-refractivity contribution >= 4 is 5.91 Å². The summed E-state index contributed by atoms with van der Waals surface area (Å²) in [6, 6.07) is -0.149. The molecular formula is C14H25N5O3. The zero-order valence-corrected chi connectivity index (χ0v) is 13.6. The summed E-state index contributed by atoms with van der Waals surface area (Å²) < 4.78 is 12.3. The van der Waals surface area contributed by atoms with E-state index in [1.807, 2.05) is 11.5 Å². The van der Waals surface area contributed by atoms with Crippen molar-refractivity contribution in [3.63, 3.8) is 0 Å². The molecular weight excluding hydrogens is 286 g/mol. The Balaban J connectivity index is 1.91. The van der Waals surface area contributed by atoms with Gasteiger partial charge in [-0.3, -0.25) is 9.69 Å². The van der Waals surface area contributed by atoms with E-state index in [9.17, 15) is 4.79 Å². The number of methoxy groups -OCH3 is 1. The number of hydrogen-bond donors (Lipinski definition) is 0. The number of ether oxygens (including phenoxy) is 2. The van der Waals surface area contributed by atoms with Crippen LogP contribution in [0.2, 0.25) is 0 Å². The Labute approximate surface area is 131 Å². The third kappa shape index (κ3) is 4.25. The Morgan fingerprint density at radius 3 is 2.91 bits per heavy atom. The minimum Gasteiger partial charge on any atom is -0.383 e. The Bertz CT molecular complexity index is 473. The maximum Gasteiger partial charge on any atom is 0.239 e. The van der Waals surface area contributed by atoms with Gasteiger partial charge in [-0.15, -0.1) is 10.2 Å². The molecule has 1 amide bonds. The number of aromatic nitrogens is 3. The van der Waals surface area contributed by atoms with Crippen molar-refractivity contribution in [2.75, 3.05) is 47.1 Å². The third-order valence-corrected chi connectivity index (χ3v) is 3.94. The summed E-state index contributed by atoms with van der Waals surface area (Å²) >= 11 is 0. The SMILES string of the molecule is COCCn1cnnc1CN(C)C(=O)C(C)N1CCOCC1. The number of rotatable bonds is 7. The molecule has 0 saturated carbocycles. The molecule has 2 heterocycles. The summed E-state index contributed by atoms with van der Waals surface area (Å²) in [6.07, 6.45) is 1.66. The molecule has 0 bridgehead atoms. The molecule has 0 N–H and O–H groups in total. The zero-order chi connectivity index (χ0) is 15.9. The minimum atomic E-state index is -0.149. The van der Waals surface area contributed by atoms with Crippen molar-refractivity contribution in [1.82, 2.24) is 24.6 Å². The van der Waals surface area contributed by atoms with Gasteiger partial charge in [-0.25, -0.2) is 0 Å². The molecule has 124 valence electrons. The predicted octanol–water partition coefficient (Wildman–Crippen LogP) is -0.396. The van der Waals surface area contributed by atoms with Gasteiger partial charge in [0.25, 0.3) is 0 Å². The maximum atomic E-state index is 12.6. The molecule has 22 heavy (non-hydrogen) atoms. The first-order chi connectivity index (χ1) is 10.6. The molecule has 0 aromatic carbocycles. The highest BCUT2D eigenvalue weighted by molar-refractivity contribution is 5.81. The standard InChI is InChI=1S/C14H25N5O3/c1-12(18-5-8-22-9-6-18)14(20)17(2)10-13-16-15-11-19(13)4-7-21-3/h11-12H,4-10H2,1-3H3. The molecule has 8 nitrogen and oxygen atoms in total. The molecule has 1 fully saturated rings. The van der Waals surface area contributed by atoms with E-state index in [1.54, 1.807) is 25.4 Å². The largest absolute Gasteiger partial charge is 0.383 e. The summed E-state index contributed by atoms with van der Waals surface area (Å²) in [7, 11) is 3.46. The Morgan fingerprint density at radius 2 is 2.23 bits per heavy atom. The lowest BCUT2D eigenvalue weighted by Gasteiger charge is -2.33. The van der Waals surface area contributed by atoms with Gasteiger partial charge in [-0.2, -0.15) is 0 Å². The molecule has 2 rings (SSSR count). The number of carbonyl (C=O) groups excluding carboxylic acids is 1. The van der Waals surface area contributed by atoms with Crippen molar-refractivity contribution < 1.29 is 14.3 Å². The van der Waals surface area contributed by atoms with E-state index >= 15 is 0 Å². The fourth-order valence-electron chi connectivity index (χ4n) is 2.51. The zero-order valence-electron chi connectivity index (χ0n) is 13.6. The normalized spacial score (nSPS) is 17.4. The second kappa shape index (κ2) is 8.21. The van der Waals surface area contributed by atoms with Gasteiger partial charge in [0, 0.05) is 33.8 Å². The van der Waals surface area contributed by atoms with Crippen LogP contribution in [0, 0.1) is 0 Å². The molecule has 1 aromatic heterocycles. The van der Waals surface area contributed by atoms with E-state index in [0.29, 0.717) is 32.9 Å². The number of carbonyl (C=O) groups is 1. The summed E-state index contributed by atoms with van der Waals surface area (Å²) in [6.45, 7) is 6.62. The highest BCUT2D eigenvalue weighted by atomic mass is 16.5. The number of likely N-dealkylation sites (N-methyl/N-ethyl adjacent to an activating group) is 1. The third-order valence-electron chi connectivity index (χ3n) is 3.94. The molecule has 1 saturated heterocycles. The van der Waals surface area contributed by atoms with Crippen molar-refractivity contribution in [2.45, 2.75) is 26.1 Å². The van der Waals surface area contributed by atoms with Crippen LogP contribution < -0.4 is 0 Å². The van der Waals surface area contributed by atoms with Gasteiger partial charge in [0.05, 0.1) is 32.4 Å². The number of hydrogen-bond acceptors (Lipinski definition) is 6. The Morgan fingerprint density at radius 1 is 1.50 bits per heavy atom. The van der Waals surface area contributed by atoms with Crippen LogP contribution in [0.1, 0.15) is 12.7 Å². The van der Waals surface area contributed by atoms with E-state index in [-0.39, 0.29) is 11.9 Å². The predicted molar refractivity (Wildman–Crippen MR) is 80.2 cm³/mol. The highest BCUT2D eigenvalue weighted by Crippen LogP contribution is 2.08. The van der Waals surface area contributed by atoms with E-state index in [0.717, 1.165) is 18.9 Å². The topological polar surface area (TPSA) is 72.7 Å². The van der Waals surface area contributed by atoms with Crippen LogP contribution in [0.5, 0.6) is 0 Å². The monoisotopic (exact) mass is 311 g/mol. The number of nitrogens with zero attached hydrogens (tertiary/aromatic N) is 5. The first-order valence-corrected chi connectivity index (χ1v) is 7.56. The highest BCUT2D eigenvalue weighted by Gasteiger charge is 2.26. The molecule has 1 aromatic rings. The van der Waals surface area contributed by atoms with Gasteiger partial charge in [-0.1, -0.05) is 0 Å². The minimum absolute atomic E-state index is 0.0863. The molecule has 0 spiro atoms. The lowest BCUT2D eigenvalue weighted by Crippen LogP contribution is -2.50. The average molecular weight is 311 g/mol. The van der Waals surface area contributed by atoms with Gasteiger partial charge in [-0.05, 0) is 6.92 Å². The van der Waals surface area contributed by atoms with Gasteiger partial charge in [0.15, 0.2) is 5.82 Å². The van der Waals surface area contributed by atoms with Crippen molar-refractivity contribution in [3.8, 4) is 0 Å². The van der Waals surface area contributed by atoms with Gasteiger partial charge < -0.3 is 18.9 Å². The van der Waals surface area contributed by atoms with Gasteiger partial charge in [0.2, 0.25) is 5.91 Å². The fraction of sp³-hybridized carbons (Fsp3) is 0.786.